The molecular weight excluding hydrogens is 358 g/mol. The molecule has 0 radical (unpaired) electrons. The Morgan fingerprint density at radius 1 is 1.04 bits per heavy atom. The lowest BCUT2D eigenvalue weighted by atomic mass is 9.92. The number of carbonyl (C=O) groups excluding carboxylic acids is 1. The van der Waals surface area contributed by atoms with E-state index in [1.54, 1.807) is 40.1 Å². The maximum absolute atomic E-state index is 15.2. The van der Waals surface area contributed by atoms with Crippen LogP contribution in [0.3, 0.4) is 0 Å². The highest BCUT2D eigenvalue weighted by Crippen LogP contribution is 2.34. The molecule has 0 aliphatic rings. The van der Waals surface area contributed by atoms with Crippen LogP contribution < -0.4 is 5.32 Å². The van der Waals surface area contributed by atoms with E-state index in [1.807, 2.05) is 26.0 Å². The van der Waals surface area contributed by atoms with Gasteiger partial charge in [-0.3, -0.25) is 4.79 Å². The Morgan fingerprint density at radius 2 is 1.61 bits per heavy atom. The van der Waals surface area contributed by atoms with Crippen molar-refractivity contribution < 1.29 is 13.6 Å². The first-order chi connectivity index (χ1) is 13.0. The first-order valence-corrected chi connectivity index (χ1v) is 9.29. The van der Waals surface area contributed by atoms with Crippen LogP contribution in [0.25, 0.3) is 17.2 Å². The van der Waals surface area contributed by atoms with E-state index in [1.165, 1.54) is 17.9 Å². The van der Waals surface area contributed by atoms with Gasteiger partial charge in [-0.2, -0.15) is 0 Å². The van der Waals surface area contributed by atoms with Gasteiger partial charge in [-0.1, -0.05) is 12.1 Å². The molecule has 0 fully saturated rings. The van der Waals surface area contributed by atoms with E-state index in [0.29, 0.717) is 11.1 Å². The molecule has 1 amide bonds. The Bertz CT molecular complexity index is 884. The smallest absolute Gasteiger partial charge is 0.248 e. The van der Waals surface area contributed by atoms with Gasteiger partial charge in [0.05, 0.1) is 0 Å². The van der Waals surface area contributed by atoms with Crippen molar-refractivity contribution in [3.8, 4) is 11.1 Å². The second-order valence-corrected chi connectivity index (χ2v) is 7.57. The summed E-state index contributed by atoms with van der Waals surface area (Å²) in [6, 6.07) is 7.56. The maximum atomic E-state index is 15.2. The van der Waals surface area contributed by atoms with Crippen molar-refractivity contribution in [2.75, 3.05) is 19.4 Å². The van der Waals surface area contributed by atoms with Gasteiger partial charge in [0.2, 0.25) is 5.91 Å². The average molecular weight is 386 g/mol. The summed E-state index contributed by atoms with van der Waals surface area (Å²) in [4.78, 5) is 13.5. The molecule has 28 heavy (non-hydrogen) atoms. The standard InChI is InChI=1S/C23H28F2N2O/c1-13(2)26-18-10-8-17(9-11-18)20-16(5)21(24)19(15(4)22(20)25)12-14(3)23(28)27(6)7/h8-13,26H,1-7H3/b14-12+. The number of anilines is 1. The summed E-state index contributed by atoms with van der Waals surface area (Å²) in [7, 11) is 3.24. The molecular formula is C23H28F2N2O. The van der Waals surface area contributed by atoms with Crippen LogP contribution >= 0.6 is 0 Å². The normalized spacial score (nSPS) is 11.7. The van der Waals surface area contributed by atoms with Crippen LogP contribution in [0.1, 0.15) is 37.5 Å². The fraction of sp³-hybridized carbons (Fsp3) is 0.348. The number of halogens is 2. The Labute approximate surface area is 166 Å². The summed E-state index contributed by atoms with van der Waals surface area (Å²) < 4.78 is 30.3. The van der Waals surface area contributed by atoms with Gasteiger partial charge in [0.15, 0.2) is 0 Å². The number of nitrogens with zero attached hydrogens (tertiary/aromatic N) is 1. The summed E-state index contributed by atoms with van der Waals surface area (Å²) >= 11 is 0. The molecule has 2 aromatic rings. The molecule has 2 rings (SSSR count). The Morgan fingerprint density at radius 3 is 2.11 bits per heavy atom. The molecule has 3 nitrogen and oxygen atoms in total. The topological polar surface area (TPSA) is 32.3 Å². The average Bonchev–Trinajstić information content (AvgIpc) is 2.63. The Balaban J connectivity index is 2.56. The summed E-state index contributed by atoms with van der Waals surface area (Å²) in [6.07, 6.45) is 1.42. The predicted octanol–water partition coefficient (Wildman–Crippen LogP) is 5.56. The van der Waals surface area contributed by atoms with E-state index in [-0.39, 0.29) is 34.2 Å². The summed E-state index contributed by atoms with van der Waals surface area (Å²) in [6.45, 7) is 8.77. The van der Waals surface area contributed by atoms with Crippen molar-refractivity contribution in [1.82, 2.24) is 4.90 Å². The highest BCUT2D eigenvalue weighted by atomic mass is 19.1. The van der Waals surface area contributed by atoms with Gasteiger partial charge in [-0.05, 0) is 69.5 Å². The second kappa shape index (κ2) is 8.55. The quantitative estimate of drug-likeness (QED) is 0.682. The molecule has 0 aliphatic heterocycles. The molecule has 0 saturated heterocycles. The van der Waals surface area contributed by atoms with Crippen molar-refractivity contribution in [2.24, 2.45) is 0 Å². The number of nitrogens with one attached hydrogen (secondary N) is 1. The number of carbonyl (C=O) groups is 1. The monoisotopic (exact) mass is 386 g/mol. The fourth-order valence-corrected chi connectivity index (χ4v) is 3.16. The van der Waals surface area contributed by atoms with Gasteiger partial charge in [0.25, 0.3) is 0 Å². The summed E-state index contributed by atoms with van der Waals surface area (Å²) in [5.74, 6) is -1.22. The zero-order valence-electron chi connectivity index (χ0n) is 17.6. The van der Waals surface area contributed by atoms with E-state index < -0.39 is 11.6 Å². The van der Waals surface area contributed by atoms with Crippen molar-refractivity contribution in [3.63, 3.8) is 0 Å². The van der Waals surface area contributed by atoms with Crippen LogP contribution in [-0.2, 0) is 4.79 Å². The molecule has 0 saturated carbocycles. The second-order valence-electron chi connectivity index (χ2n) is 7.57. The van der Waals surface area contributed by atoms with E-state index in [0.717, 1.165) is 5.69 Å². The third-order valence-electron chi connectivity index (χ3n) is 4.63. The van der Waals surface area contributed by atoms with Crippen molar-refractivity contribution in [1.29, 1.82) is 0 Å². The van der Waals surface area contributed by atoms with Gasteiger partial charge in [0, 0.05) is 42.5 Å². The molecule has 0 aliphatic carbocycles. The van der Waals surface area contributed by atoms with Crippen molar-refractivity contribution >= 4 is 17.7 Å². The molecule has 0 aromatic heterocycles. The lowest BCUT2D eigenvalue weighted by molar-refractivity contribution is -0.124. The van der Waals surface area contributed by atoms with E-state index in [2.05, 4.69) is 5.32 Å². The molecule has 5 heteroatoms. The van der Waals surface area contributed by atoms with Crippen LogP contribution in [-0.4, -0.2) is 30.9 Å². The molecule has 0 heterocycles. The Kier molecular flexibility index (Phi) is 6.60. The molecule has 2 aromatic carbocycles. The van der Waals surface area contributed by atoms with E-state index in [9.17, 15) is 4.79 Å². The van der Waals surface area contributed by atoms with Crippen LogP contribution in [0.15, 0.2) is 29.8 Å². The summed E-state index contributed by atoms with van der Waals surface area (Å²) in [5, 5.41) is 3.27. The van der Waals surface area contributed by atoms with Crippen LogP contribution in [0, 0.1) is 25.5 Å². The van der Waals surface area contributed by atoms with Gasteiger partial charge < -0.3 is 10.2 Å². The van der Waals surface area contributed by atoms with Crippen molar-refractivity contribution in [3.05, 3.63) is 58.2 Å². The zero-order chi connectivity index (χ0) is 21.2. The number of hydrogen-bond donors (Lipinski definition) is 1. The fourth-order valence-electron chi connectivity index (χ4n) is 3.16. The number of hydrogen-bond acceptors (Lipinski definition) is 2. The minimum atomic E-state index is -0.510. The molecule has 0 atom stereocenters. The molecule has 0 bridgehead atoms. The first-order valence-electron chi connectivity index (χ1n) is 9.29. The van der Waals surface area contributed by atoms with Crippen LogP contribution in [0.2, 0.25) is 0 Å². The van der Waals surface area contributed by atoms with Gasteiger partial charge in [-0.15, -0.1) is 0 Å². The van der Waals surface area contributed by atoms with Gasteiger partial charge in [0.1, 0.15) is 11.6 Å². The minimum absolute atomic E-state index is 0.115. The number of rotatable bonds is 5. The van der Waals surface area contributed by atoms with E-state index >= 15 is 8.78 Å². The number of benzene rings is 2. The molecule has 0 spiro atoms. The zero-order valence-corrected chi connectivity index (χ0v) is 17.6. The number of likely N-dealkylation sites (N-methyl/N-ethyl adjacent to an activating group) is 1. The number of amides is 1. The molecule has 150 valence electrons. The first kappa shape index (κ1) is 21.6. The van der Waals surface area contributed by atoms with Crippen LogP contribution in [0.4, 0.5) is 14.5 Å². The highest BCUT2D eigenvalue weighted by molar-refractivity contribution is 5.97. The van der Waals surface area contributed by atoms with Crippen molar-refractivity contribution in [2.45, 2.75) is 40.7 Å². The summed E-state index contributed by atoms with van der Waals surface area (Å²) in [5.41, 5.74) is 2.67. The van der Waals surface area contributed by atoms with Crippen LogP contribution in [0.5, 0.6) is 0 Å². The molecule has 1 N–H and O–H groups in total. The third kappa shape index (κ3) is 4.41. The SMILES string of the molecule is C/C(=C\c1c(C)c(F)c(-c2ccc(NC(C)C)cc2)c(C)c1F)C(=O)N(C)C. The minimum Gasteiger partial charge on any atom is -0.383 e. The molecule has 0 unspecified atom stereocenters. The maximum Gasteiger partial charge on any atom is 0.248 e. The third-order valence-corrected chi connectivity index (χ3v) is 4.63. The lowest BCUT2D eigenvalue weighted by Crippen LogP contribution is -2.22. The lowest BCUT2D eigenvalue weighted by Gasteiger charge is -2.17. The van der Waals surface area contributed by atoms with Gasteiger partial charge >= 0.3 is 0 Å². The predicted molar refractivity (Wildman–Crippen MR) is 112 cm³/mol. The Hall–Kier alpha value is -2.69. The van der Waals surface area contributed by atoms with Gasteiger partial charge in [-0.25, -0.2) is 8.78 Å². The van der Waals surface area contributed by atoms with E-state index in [4.69, 9.17) is 0 Å². The highest BCUT2D eigenvalue weighted by Gasteiger charge is 2.21. The largest absolute Gasteiger partial charge is 0.383 e.